The summed E-state index contributed by atoms with van der Waals surface area (Å²) in [6.07, 6.45) is 11.1. The summed E-state index contributed by atoms with van der Waals surface area (Å²) in [6.45, 7) is 5.58. The zero-order valence-electron chi connectivity index (χ0n) is 17.3. The first kappa shape index (κ1) is 20.1. The van der Waals surface area contributed by atoms with Gasteiger partial charge >= 0.3 is 23.5 Å². The number of carbonyl (C=O) groups excluding carboxylic acids is 2. The van der Waals surface area contributed by atoms with Crippen LogP contribution in [0.2, 0.25) is 0 Å². The van der Waals surface area contributed by atoms with Crippen molar-refractivity contribution in [2.45, 2.75) is 64.7 Å². The van der Waals surface area contributed by atoms with Crippen LogP contribution in [0.25, 0.3) is 0 Å². The molecule has 8 heteroatoms. The van der Waals surface area contributed by atoms with Gasteiger partial charge in [-0.1, -0.05) is 0 Å². The van der Waals surface area contributed by atoms with Crippen molar-refractivity contribution in [3.05, 3.63) is 36.4 Å². The van der Waals surface area contributed by atoms with Gasteiger partial charge in [0, 0.05) is 12.1 Å². The van der Waals surface area contributed by atoms with Crippen LogP contribution in [-0.2, 0) is 27.2 Å². The first-order valence-corrected chi connectivity index (χ1v) is 10.2. The van der Waals surface area contributed by atoms with E-state index in [2.05, 4.69) is 10.6 Å². The van der Waals surface area contributed by atoms with Crippen LogP contribution in [0.3, 0.4) is 0 Å². The third-order valence-electron chi connectivity index (χ3n) is 5.64. The molecule has 1 fully saturated rings. The zero-order valence-corrected chi connectivity index (χ0v) is 17.3. The predicted molar refractivity (Wildman–Crippen MR) is 104 cm³/mol. The Morgan fingerprint density at radius 1 is 0.857 bits per heavy atom. The average Bonchev–Trinajstić information content (AvgIpc) is 3.25. The summed E-state index contributed by atoms with van der Waals surface area (Å²) in [7, 11) is 3.78. The molecule has 0 spiro atoms. The summed E-state index contributed by atoms with van der Waals surface area (Å²) in [5.74, 6) is 1.28. The highest BCUT2D eigenvalue weighted by Crippen LogP contribution is 2.19. The molecule has 0 aromatic carbocycles. The van der Waals surface area contributed by atoms with Crippen molar-refractivity contribution in [1.29, 1.82) is 0 Å². The Labute approximate surface area is 166 Å². The lowest BCUT2D eigenvalue weighted by Gasteiger charge is -2.29. The summed E-state index contributed by atoms with van der Waals surface area (Å²) in [5, 5.41) is 6.33. The third-order valence-corrected chi connectivity index (χ3v) is 5.64. The minimum Gasteiger partial charge on any atom is -0.343 e. The standard InChI is InChI=1S/C20H30N6O2/c1-5-25-13-11-23(3)19(25)17(27)21-15-7-9-16(10-8-15)22-18(28)20-24(4)12-14-26(20)6-2/h11-16H,5-10H2,1-4H3/p+2. The van der Waals surface area contributed by atoms with Gasteiger partial charge in [-0.15, -0.1) is 0 Å². The second-order valence-corrected chi connectivity index (χ2v) is 7.53. The summed E-state index contributed by atoms with van der Waals surface area (Å²) < 4.78 is 7.61. The fourth-order valence-corrected chi connectivity index (χ4v) is 4.02. The number of imidazole rings is 2. The molecule has 2 aromatic rings. The smallest absolute Gasteiger partial charge is 0.343 e. The van der Waals surface area contributed by atoms with E-state index in [1.165, 1.54) is 0 Å². The molecule has 0 radical (unpaired) electrons. The monoisotopic (exact) mass is 388 g/mol. The van der Waals surface area contributed by atoms with Crippen LogP contribution in [0.5, 0.6) is 0 Å². The minimum atomic E-state index is -0.0327. The highest BCUT2D eigenvalue weighted by Gasteiger charge is 2.30. The molecular weight excluding hydrogens is 356 g/mol. The molecule has 2 N–H and O–H groups in total. The molecule has 0 atom stereocenters. The van der Waals surface area contributed by atoms with Gasteiger partial charge in [0.25, 0.3) is 0 Å². The van der Waals surface area contributed by atoms with E-state index in [-0.39, 0.29) is 23.9 Å². The molecule has 28 heavy (non-hydrogen) atoms. The summed E-state index contributed by atoms with van der Waals surface area (Å²) in [4.78, 5) is 25.3. The largest absolute Gasteiger partial charge is 0.347 e. The lowest BCUT2D eigenvalue weighted by molar-refractivity contribution is -0.673. The number of amides is 2. The van der Waals surface area contributed by atoms with E-state index >= 15 is 0 Å². The summed E-state index contributed by atoms with van der Waals surface area (Å²) >= 11 is 0. The van der Waals surface area contributed by atoms with E-state index in [0.29, 0.717) is 11.6 Å². The van der Waals surface area contributed by atoms with Crippen molar-refractivity contribution < 1.29 is 18.7 Å². The van der Waals surface area contributed by atoms with E-state index < -0.39 is 0 Å². The number of hydrogen-bond acceptors (Lipinski definition) is 2. The molecule has 1 aliphatic rings. The number of nitrogens with zero attached hydrogens (tertiary/aromatic N) is 4. The number of nitrogens with one attached hydrogen (secondary N) is 2. The van der Waals surface area contributed by atoms with Crippen LogP contribution in [0.15, 0.2) is 24.8 Å². The number of carbonyl (C=O) groups is 2. The van der Waals surface area contributed by atoms with Gasteiger partial charge in [-0.05, 0) is 39.5 Å². The molecule has 0 saturated heterocycles. The predicted octanol–water partition coefficient (Wildman–Crippen LogP) is 0.449. The topological polar surface area (TPSA) is 75.8 Å². The lowest BCUT2D eigenvalue weighted by atomic mass is 9.91. The number of hydrogen-bond donors (Lipinski definition) is 2. The van der Waals surface area contributed by atoms with Crippen molar-refractivity contribution >= 4 is 11.8 Å². The first-order chi connectivity index (χ1) is 13.4. The van der Waals surface area contributed by atoms with E-state index in [1.54, 1.807) is 0 Å². The van der Waals surface area contributed by atoms with Crippen LogP contribution in [0, 0.1) is 0 Å². The number of aromatic nitrogens is 4. The molecular formula is C20H32N6O2+2. The molecule has 1 saturated carbocycles. The molecule has 2 aromatic heterocycles. The van der Waals surface area contributed by atoms with Crippen molar-refractivity contribution in [2.75, 3.05) is 0 Å². The summed E-state index contributed by atoms with van der Waals surface area (Å²) in [6, 6.07) is 0.299. The zero-order chi connectivity index (χ0) is 20.3. The van der Waals surface area contributed by atoms with Gasteiger partial charge in [0.2, 0.25) is 0 Å². The van der Waals surface area contributed by atoms with E-state index in [9.17, 15) is 9.59 Å². The SMILES string of the molecule is CCn1cc[n+](C)c1C(=O)NC1CCC(NC(=O)c2n(CC)cc[n+]2C)CC1. The second kappa shape index (κ2) is 8.58. The molecule has 3 rings (SSSR count). The quantitative estimate of drug-likeness (QED) is 0.705. The lowest BCUT2D eigenvalue weighted by Crippen LogP contribution is -2.48. The van der Waals surface area contributed by atoms with Crippen LogP contribution in [-0.4, -0.2) is 33.0 Å². The van der Waals surface area contributed by atoms with Gasteiger partial charge in [0.05, 0.1) is 27.2 Å². The Hall–Kier alpha value is -2.64. The van der Waals surface area contributed by atoms with Crippen LogP contribution < -0.4 is 19.8 Å². The fourth-order valence-electron chi connectivity index (χ4n) is 4.02. The molecule has 0 unspecified atom stereocenters. The maximum Gasteiger partial charge on any atom is 0.347 e. The van der Waals surface area contributed by atoms with Crippen molar-refractivity contribution in [1.82, 2.24) is 19.8 Å². The normalized spacial score (nSPS) is 19.4. The van der Waals surface area contributed by atoms with E-state index in [1.807, 2.05) is 71.0 Å². The molecule has 152 valence electrons. The Bertz CT molecular complexity index is 775. The Morgan fingerprint density at radius 3 is 1.54 bits per heavy atom. The van der Waals surface area contributed by atoms with Gasteiger partial charge in [-0.3, -0.25) is 9.59 Å². The van der Waals surface area contributed by atoms with Crippen LogP contribution in [0.1, 0.15) is 60.8 Å². The molecule has 2 heterocycles. The third kappa shape index (κ3) is 4.10. The van der Waals surface area contributed by atoms with Gasteiger partial charge in [0.15, 0.2) is 0 Å². The van der Waals surface area contributed by atoms with Gasteiger partial charge < -0.3 is 10.6 Å². The summed E-state index contributed by atoms with van der Waals surface area (Å²) in [5.41, 5.74) is 0. The maximum absolute atomic E-state index is 12.7. The molecule has 1 aliphatic carbocycles. The van der Waals surface area contributed by atoms with E-state index in [0.717, 1.165) is 38.8 Å². The Morgan fingerprint density at radius 2 is 1.21 bits per heavy atom. The van der Waals surface area contributed by atoms with Gasteiger partial charge in [-0.2, -0.15) is 0 Å². The number of aryl methyl sites for hydroxylation is 4. The average molecular weight is 389 g/mol. The minimum absolute atomic E-state index is 0.0327. The maximum atomic E-state index is 12.7. The van der Waals surface area contributed by atoms with Crippen LogP contribution >= 0.6 is 0 Å². The molecule has 2 amide bonds. The molecule has 0 bridgehead atoms. The number of rotatable bonds is 6. The van der Waals surface area contributed by atoms with Crippen molar-refractivity contribution in [3.63, 3.8) is 0 Å². The molecule has 8 nitrogen and oxygen atoms in total. The first-order valence-electron chi connectivity index (χ1n) is 10.2. The van der Waals surface area contributed by atoms with Crippen LogP contribution in [0.4, 0.5) is 0 Å². The van der Waals surface area contributed by atoms with Gasteiger partial charge in [0.1, 0.15) is 24.8 Å². The highest BCUT2D eigenvalue weighted by atomic mass is 16.2. The fraction of sp³-hybridized carbons (Fsp3) is 0.600. The highest BCUT2D eigenvalue weighted by molar-refractivity contribution is 5.90. The van der Waals surface area contributed by atoms with E-state index in [4.69, 9.17) is 0 Å². The molecule has 0 aliphatic heterocycles. The Kier molecular flexibility index (Phi) is 6.16. The van der Waals surface area contributed by atoms with Crippen molar-refractivity contribution in [3.8, 4) is 0 Å². The second-order valence-electron chi connectivity index (χ2n) is 7.53. The van der Waals surface area contributed by atoms with Gasteiger partial charge in [-0.25, -0.2) is 18.3 Å². The van der Waals surface area contributed by atoms with Crippen molar-refractivity contribution in [2.24, 2.45) is 14.1 Å². The Balaban J connectivity index is 1.53.